The van der Waals surface area contributed by atoms with Crippen molar-refractivity contribution in [1.82, 2.24) is 4.90 Å². The highest BCUT2D eigenvalue weighted by Gasteiger charge is 2.35. The molecule has 0 aromatic heterocycles. The number of carbonyl (C=O) groups is 2. The van der Waals surface area contributed by atoms with Crippen LogP contribution in [-0.2, 0) is 16.1 Å². The van der Waals surface area contributed by atoms with Crippen molar-refractivity contribution in [1.29, 1.82) is 0 Å². The third-order valence-electron chi connectivity index (χ3n) is 4.09. The van der Waals surface area contributed by atoms with Crippen LogP contribution in [0.3, 0.4) is 0 Å². The molecule has 1 aliphatic rings. The third kappa shape index (κ3) is 4.72. The fraction of sp³-hybridized carbons (Fsp3) is 0.263. The van der Waals surface area contributed by atoms with Gasteiger partial charge in [0.1, 0.15) is 12.6 Å². The summed E-state index contributed by atoms with van der Waals surface area (Å²) in [6, 6.07) is 16.6. The number of anilines is 1. The van der Waals surface area contributed by atoms with Crippen LogP contribution in [0, 0.1) is 3.57 Å². The zero-order chi connectivity index (χ0) is 17.6. The van der Waals surface area contributed by atoms with Crippen molar-refractivity contribution in [3.63, 3.8) is 0 Å². The Balaban J connectivity index is 1.59. The van der Waals surface area contributed by atoms with Crippen molar-refractivity contribution >= 4 is 40.3 Å². The van der Waals surface area contributed by atoms with Gasteiger partial charge in [0.15, 0.2) is 0 Å². The molecule has 0 aliphatic carbocycles. The van der Waals surface area contributed by atoms with E-state index in [4.69, 9.17) is 4.74 Å². The van der Waals surface area contributed by atoms with Gasteiger partial charge in [-0.15, -0.1) is 0 Å². The van der Waals surface area contributed by atoms with Crippen LogP contribution >= 0.6 is 22.6 Å². The molecule has 0 bridgehead atoms. The summed E-state index contributed by atoms with van der Waals surface area (Å²) in [5.41, 5.74) is 1.66. The number of ether oxygens (including phenoxy) is 1. The Hall–Kier alpha value is -2.09. The normalized spacial score (nSPS) is 16.5. The standard InChI is InChI=1S/C19H19IN2O3/c20-15-8-4-9-16(12-15)21-18(23)17-10-5-11-22(17)19(24)25-13-14-6-2-1-3-7-14/h1-4,6-9,12,17H,5,10-11,13H2,(H,21,23). The lowest BCUT2D eigenvalue weighted by atomic mass is 10.2. The van der Waals surface area contributed by atoms with Gasteiger partial charge in [0.2, 0.25) is 5.91 Å². The number of likely N-dealkylation sites (tertiary alicyclic amines) is 1. The lowest BCUT2D eigenvalue weighted by Crippen LogP contribution is -2.43. The molecule has 25 heavy (non-hydrogen) atoms. The van der Waals surface area contributed by atoms with E-state index in [0.29, 0.717) is 13.0 Å². The van der Waals surface area contributed by atoms with E-state index in [1.807, 2.05) is 54.6 Å². The van der Waals surface area contributed by atoms with Gasteiger partial charge in [-0.2, -0.15) is 0 Å². The van der Waals surface area contributed by atoms with Crippen molar-refractivity contribution in [2.45, 2.75) is 25.5 Å². The predicted molar refractivity (Wildman–Crippen MR) is 104 cm³/mol. The smallest absolute Gasteiger partial charge is 0.410 e. The molecule has 3 rings (SSSR count). The highest BCUT2D eigenvalue weighted by Crippen LogP contribution is 2.21. The van der Waals surface area contributed by atoms with E-state index in [2.05, 4.69) is 27.9 Å². The second-order valence-corrected chi connectivity index (χ2v) is 7.14. The number of amides is 2. The molecular weight excluding hydrogens is 431 g/mol. The highest BCUT2D eigenvalue weighted by molar-refractivity contribution is 14.1. The van der Waals surface area contributed by atoms with Gasteiger partial charge in [-0.05, 0) is 59.2 Å². The molecule has 2 amide bonds. The van der Waals surface area contributed by atoms with Gasteiger partial charge in [0.05, 0.1) is 0 Å². The molecule has 0 saturated carbocycles. The molecule has 0 spiro atoms. The molecule has 1 heterocycles. The summed E-state index contributed by atoms with van der Waals surface area (Å²) in [6.07, 6.45) is 1.00. The van der Waals surface area contributed by atoms with Crippen LogP contribution in [0.5, 0.6) is 0 Å². The Morgan fingerprint density at radius 2 is 1.96 bits per heavy atom. The summed E-state index contributed by atoms with van der Waals surface area (Å²) in [6.45, 7) is 0.749. The van der Waals surface area contributed by atoms with Crippen molar-refractivity contribution in [2.75, 3.05) is 11.9 Å². The lowest BCUT2D eigenvalue weighted by Gasteiger charge is -2.23. The minimum absolute atomic E-state index is 0.170. The summed E-state index contributed by atoms with van der Waals surface area (Å²) in [7, 11) is 0. The number of hydrogen-bond acceptors (Lipinski definition) is 3. The maximum atomic E-state index is 12.6. The Kier molecular flexibility index (Phi) is 5.91. The number of carbonyl (C=O) groups excluding carboxylic acids is 2. The maximum absolute atomic E-state index is 12.6. The summed E-state index contributed by atoms with van der Waals surface area (Å²) < 4.78 is 6.41. The second kappa shape index (κ2) is 8.33. The summed E-state index contributed by atoms with van der Waals surface area (Å²) in [4.78, 5) is 26.4. The van der Waals surface area contributed by atoms with Crippen LogP contribution in [0.15, 0.2) is 54.6 Å². The van der Waals surface area contributed by atoms with Crippen molar-refractivity contribution in [3.8, 4) is 0 Å². The van der Waals surface area contributed by atoms with E-state index in [9.17, 15) is 9.59 Å². The first-order chi connectivity index (χ1) is 12.1. The molecule has 5 nitrogen and oxygen atoms in total. The van der Waals surface area contributed by atoms with E-state index in [-0.39, 0.29) is 12.5 Å². The van der Waals surface area contributed by atoms with Gasteiger partial charge in [-0.1, -0.05) is 36.4 Å². The van der Waals surface area contributed by atoms with E-state index in [1.165, 1.54) is 4.90 Å². The van der Waals surface area contributed by atoms with Crippen LogP contribution in [0.4, 0.5) is 10.5 Å². The van der Waals surface area contributed by atoms with Crippen molar-refractivity contribution in [3.05, 3.63) is 63.7 Å². The van der Waals surface area contributed by atoms with Gasteiger partial charge in [-0.3, -0.25) is 9.69 Å². The number of hydrogen-bond donors (Lipinski definition) is 1. The average Bonchev–Trinajstić information content (AvgIpc) is 3.10. The average molecular weight is 450 g/mol. The van der Waals surface area contributed by atoms with E-state index < -0.39 is 12.1 Å². The first-order valence-corrected chi connectivity index (χ1v) is 9.25. The fourth-order valence-corrected chi connectivity index (χ4v) is 3.39. The molecule has 2 aromatic carbocycles. The molecule has 130 valence electrons. The molecule has 6 heteroatoms. The molecule has 1 aliphatic heterocycles. The molecule has 1 unspecified atom stereocenters. The highest BCUT2D eigenvalue weighted by atomic mass is 127. The van der Waals surface area contributed by atoms with Crippen molar-refractivity contribution < 1.29 is 14.3 Å². The van der Waals surface area contributed by atoms with Gasteiger partial charge in [-0.25, -0.2) is 4.79 Å². The Bertz CT molecular complexity index is 751. The third-order valence-corrected chi connectivity index (χ3v) is 4.76. The van der Waals surface area contributed by atoms with E-state index >= 15 is 0 Å². The van der Waals surface area contributed by atoms with Crippen LogP contribution in [-0.4, -0.2) is 29.5 Å². The second-order valence-electron chi connectivity index (χ2n) is 5.89. The zero-order valence-electron chi connectivity index (χ0n) is 13.7. The molecule has 2 aromatic rings. The summed E-state index contributed by atoms with van der Waals surface area (Å²) in [5.74, 6) is -0.170. The molecule has 1 atom stereocenters. The maximum Gasteiger partial charge on any atom is 0.410 e. The lowest BCUT2D eigenvalue weighted by molar-refractivity contribution is -0.120. The minimum Gasteiger partial charge on any atom is -0.445 e. The van der Waals surface area contributed by atoms with E-state index in [0.717, 1.165) is 21.2 Å². The summed E-state index contributed by atoms with van der Waals surface area (Å²) >= 11 is 2.20. The molecule has 0 radical (unpaired) electrons. The van der Waals surface area contributed by atoms with Crippen molar-refractivity contribution in [2.24, 2.45) is 0 Å². The van der Waals surface area contributed by atoms with Gasteiger partial charge in [0.25, 0.3) is 0 Å². The van der Waals surface area contributed by atoms with Crippen LogP contribution in [0.1, 0.15) is 18.4 Å². The first kappa shape index (κ1) is 17.7. The largest absolute Gasteiger partial charge is 0.445 e. The molecule has 1 saturated heterocycles. The van der Waals surface area contributed by atoms with Crippen LogP contribution in [0.2, 0.25) is 0 Å². The Labute approximate surface area is 160 Å². The minimum atomic E-state index is -0.485. The Morgan fingerprint density at radius 1 is 1.16 bits per heavy atom. The monoisotopic (exact) mass is 450 g/mol. The number of nitrogens with zero attached hydrogens (tertiary/aromatic N) is 1. The molecular formula is C19H19IN2O3. The zero-order valence-corrected chi connectivity index (χ0v) is 15.8. The first-order valence-electron chi connectivity index (χ1n) is 8.17. The predicted octanol–water partition coefficient (Wildman–Crippen LogP) is 4.03. The van der Waals surface area contributed by atoms with Gasteiger partial charge in [0, 0.05) is 15.8 Å². The van der Waals surface area contributed by atoms with Crippen LogP contribution < -0.4 is 5.32 Å². The molecule has 1 fully saturated rings. The molecule has 1 N–H and O–H groups in total. The summed E-state index contributed by atoms with van der Waals surface area (Å²) in [5, 5.41) is 2.89. The topological polar surface area (TPSA) is 58.6 Å². The van der Waals surface area contributed by atoms with E-state index in [1.54, 1.807) is 0 Å². The SMILES string of the molecule is O=C(Nc1cccc(I)c1)C1CCCN1C(=O)OCc1ccccc1. The fourth-order valence-electron chi connectivity index (χ4n) is 2.85. The van der Waals surface area contributed by atoms with Gasteiger partial charge >= 0.3 is 6.09 Å². The van der Waals surface area contributed by atoms with Crippen LogP contribution in [0.25, 0.3) is 0 Å². The number of halogens is 1. The van der Waals surface area contributed by atoms with Gasteiger partial charge < -0.3 is 10.1 Å². The quantitative estimate of drug-likeness (QED) is 0.716. The number of nitrogens with one attached hydrogen (secondary N) is 1. The number of rotatable bonds is 4. The Morgan fingerprint density at radius 3 is 2.72 bits per heavy atom. The number of benzene rings is 2.